The van der Waals surface area contributed by atoms with Crippen LogP contribution in [0, 0.1) is 0 Å². The highest BCUT2D eigenvalue weighted by Gasteiger charge is 2.26. The molecule has 3 aromatic rings. The summed E-state index contributed by atoms with van der Waals surface area (Å²) in [5.74, 6) is 0.527. The van der Waals surface area contributed by atoms with Crippen molar-refractivity contribution in [2.75, 3.05) is 13.1 Å². The Bertz CT molecular complexity index is 1040. The van der Waals surface area contributed by atoms with E-state index in [2.05, 4.69) is 44.6 Å². The number of hydrogen-bond acceptors (Lipinski definition) is 5. The molecule has 1 unspecified atom stereocenters. The third-order valence-corrected chi connectivity index (χ3v) is 6.69. The SMILES string of the molecule is O=C(NC1CCCCC1)c1cc(C2CCCN(Cc3ccc4ncccc4c3)C2)no1. The number of amides is 1. The van der Waals surface area contributed by atoms with Gasteiger partial charge in [-0.15, -0.1) is 0 Å². The summed E-state index contributed by atoms with van der Waals surface area (Å²) in [5, 5.41) is 8.56. The average Bonchev–Trinajstić information content (AvgIpc) is 3.31. The third-order valence-electron chi connectivity index (χ3n) is 6.69. The van der Waals surface area contributed by atoms with Crippen LogP contribution in [0.3, 0.4) is 0 Å². The van der Waals surface area contributed by atoms with E-state index >= 15 is 0 Å². The molecule has 1 aromatic carbocycles. The molecule has 162 valence electrons. The molecule has 0 spiro atoms. The maximum absolute atomic E-state index is 12.6. The van der Waals surface area contributed by atoms with Crippen molar-refractivity contribution in [3.05, 3.63) is 59.6 Å². The molecule has 1 saturated carbocycles. The number of rotatable bonds is 5. The van der Waals surface area contributed by atoms with E-state index in [-0.39, 0.29) is 11.9 Å². The van der Waals surface area contributed by atoms with Crippen LogP contribution in [-0.4, -0.2) is 40.1 Å². The number of carbonyl (C=O) groups excluding carboxylic acids is 1. The lowest BCUT2D eigenvalue weighted by Gasteiger charge is -2.31. The summed E-state index contributed by atoms with van der Waals surface area (Å²) in [6.07, 6.45) is 9.82. The summed E-state index contributed by atoms with van der Waals surface area (Å²) in [4.78, 5) is 19.4. The summed E-state index contributed by atoms with van der Waals surface area (Å²) in [6, 6.07) is 12.7. The number of nitrogens with zero attached hydrogens (tertiary/aromatic N) is 3. The number of fused-ring (bicyclic) bond motifs is 1. The maximum Gasteiger partial charge on any atom is 0.290 e. The Kier molecular flexibility index (Phi) is 5.98. The molecule has 1 amide bonds. The first-order chi connectivity index (χ1) is 15.2. The lowest BCUT2D eigenvalue weighted by atomic mass is 9.94. The van der Waals surface area contributed by atoms with Gasteiger partial charge in [-0.1, -0.05) is 36.6 Å². The van der Waals surface area contributed by atoms with Crippen LogP contribution in [0.15, 0.2) is 47.1 Å². The van der Waals surface area contributed by atoms with Gasteiger partial charge in [-0.3, -0.25) is 14.7 Å². The average molecular weight is 419 g/mol. The molecule has 0 radical (unpaired) electrons. The molecule has 6 nitrogen and oxygen atoms in total. The normalized spacial score (nSPS) is 20.7. The topological polar surface area (TPSA) is 71.3 Å². The Morgan fingerprint density at radius 1 is 1.10 bits per heavy atom. The Morgan fingerprint density at radius 2 is 2.00 bits per heavy atom. The number of nitrogens with one attached hydrogen (secondary N) is 1. The molecule has 1 aliphatic heterocycles. The third kappa shape index (κ3) is 4.79. The van der Waals surface area contributed by atoms with Crippen LogP contribution >= 0.6 is 0 Å². The van der Waals surface area contributed by atoms with Crippen LogP contribution in [0.5, 0.6) is 0 Å². The van der Waals surface area contributed by atoms with Gasteiger partial charge in [-0.05, 0) is 56.0 Å². The van der Waals surface area contributed by atoms with E-state index in [0.717, 1.165) is 56.5 Å². The standard InChI is InChI=1S/C25H30N4O2/c30-25(27-21-8-2-1-3-9-21)24-15-23(28-31-24)20-7-5-13-29(17-20)16-18-10-11-22-19(14-18)6-4-12-26-22/h4,6,10-12,14-15,20-21H,1-3,5,7-9,13,16-17H2,(H,27,30). The van der Waals surface area contributed by atoms with Gasteiger partial charge in [-0.2, -0.15) is 0 Å². The molecule has 1 atom stereocenters. The maximum atomic E-state index is 12.6. The van der Waals surface area contributed by atoms with E-state index < -0.39 is 0 Å². The van der Waals surface area contributed by atoms with Crippen molar-refractivity contribution in [3.8, 4) is 0 Å². The number of aromatic nitrogens is 2. The molecule has 6 heteroatoms. The molecule has 2 aromatic heterocycles. The van der Waals surface area contributed by atoms with E-state index in [9.17, 15) is 4.79 Å². The lowest BCUT2D eigenvalue weighted by molar-refractivity contribution is 0.0890. The number of pyridine rings is 1. The number of hydrogen-bond donors (Lipinski definition) is 1. The highest BCUT2D eigenvalue weighted by Crippen LogP contribution is 2.28. The Morgan fingerprint density at radius 3 is 2.90 bits per heavy atom. The van der Waals surface area contributed by atoms with Gasteiger partial charge in [0.25, 0.3) is 5.91 Å². The number of benzene rings is 1. The first-order valence-electron chi connectivity index (χ1n) is 11.6. The molecule has 2 fully saturated rings. The Labute approximate surface area is 183 Å². The fourth-order valence-electron chi connectivity index (χ4n) is 5.01. The molecule has 31 heavy (non-hydrogen) atoms. The smallest absolute Gasteiger partial charge is 0.290 e. The summed E-state index contributed by atoms with van der Waals surface area (Å²) in [6.45, 7) is 2.92. The van der Waals surface area contributed by atoms with Gasteiger partial charge in [0.2, 0.25) is 5.76 Å². The van der Waals surface area contributed by atoms with Crippen molar-refractivity contribution in [2.45, 2.75) is 63.5 Å². The highest BCUT2D eigenvalue weighted by molar-refractivity contribution is 5.91. The quantitative estimate of drug-likeness (QED) is 0.652. The first kappa shape index (κ1) is 20.2. The zero-order valence-corrected chi connectivity index (χ0v) is 17.9. The van der Waals surface area contributed by atoms with Gasteiger partial charge in [0.05, 0.1) is 11.2 Å². The molecule has 0 bridgehead atoms. The molecule has 1 saturated heterocycles. The molecular formula is C25H30N4O2. The minimum Gasteiger partial charge on any atom is -0.351 e. The summed E-state index contributed by atoms with van der Waals surface area (Å²) >= 11 is 0. The fraction of sp³-hybridized carbons (Fsp3) is 0.480. The number of piperidine rings is 1. The number of carbonyl (C=O) groups is 1. The first-order valence-corrected chi connectivity index (χ1v) is 11.6. The van der Waals surface area contributed by atoms with Gasteiger partial charge >= 0.3 is 0 Å². The minimum absolute atomic E-state index is 0.122. The summed E-state index contributed by atoms with van der Waals surface area (Å²) in [7, 11) is 0. The summed E-state index contributed by atoms with van der Waals surface area (Å²) < 4.78 is 5.44. The largest absolute Gasteiger partial charge is 0.351 e. The van der Waals surface area contributed by atoms with Gasteiger partial charge in [0.15, 0.2) is 0 Å². The molecule has 1 aliphatic carbocycles. The lowest BCUT2D eigenvalue weighted by Crippen LogP contribution is -2.36. The zero-order valence-electron chi connectivity index (χ0n) is 17.9. The van der Waals surface area contributed by atoms with Crippen LogP contribution in [0.25, 0.3) is 10.9 Å². The van der Waals surface area contributed by atoms with Gasteiger partial charge < -0.3 is 9.84 Å². The van der Waals surface area contributed by atoms with E-state index in [1.165, 1.54) is 30.2 Å². The van der Waals surface area contributed by atoms with E-state index in [4.69, 9.17) is 4.52 Å². The minimum atomic E-state index is -0.122. The van der Waals surface area contributed by atoms with E-state index in [1.54, 1.807) is 0 Å². The van der Waals surface area contributed by atoms with Crippen LogP contribution in [-0.2, 0) is 6.54 Å². The summed E-state index contributed by atoms with van der Waals surface area (Å²) in [5.41, 5.74) is 3.24. The van der Waals surface area contributed by atoms with Crippen molar-refractivity contribution in [1.82, 2.24) is 20.4 Å². The van der Waals surface area contributed by atoms with Gasteiger partial charge in [-0.25, -0.2) is 0 Å². The second kappa shape index (κ2) is 9.18. The van der Waals surface area contributed by atoms with Crippen molar-refractivity contribution in [1.29, 1.82) is 0 Å². The highest BCUT2D eigenvalue weighted by atomic mass is 16.5. The van der Waals surface area contributed by atoms with Crippen LogP contribution in [0.2, 0.25) is 0 Å². The van der Waals surface area contributed by atoms with Gasteiger partial charge in [0.1, 0.15) is 0 Å². The second-order valence-corrected chi connectivity index (χ2v) is 9.03. The molecule has 1 N–H and O–H groups in total. The van der Waals surface area contributed by atoms with E-state index in [1.807, 2.05) is 18.3 Å². The Balaban J connectivity index is 1.21. The zero-order chi connectivity index (χ0) is 21.0. The molecule has 2 aliphatic rings. The number of likely N-dealkylation sites (tertiary alicyclic amines) is 1. The molecule has 5 rings (SSSR count). The predicted octanol–water partition coefficient (Wildman–Crippen LogP) is 4.66. The van der Waals surface area contributed by atoms with Gasteiger partial charge in [0, 0.05) is 42.7 Å². The van der Waals surface area contributed by atoms with Crippen molar-refractivity contribution < 1.29 is 9.32 Å². The predicted molar refractivity (Wildman–Crippen MR) is 120 cm³/mol. The van der Waals surface area contributed by atoms with Crippen molar-refractivity contribution >= 4 is 16.8 Å². The molecule has 3 heterocycles. The van der Waals surface area contributed by atoms with Crippen LogP contribution < -0.4 is 5.32 Å². The monoisotopic (exact) mass is 418 g/mol. The van der Waals surface area contributed by atoms with Crippen LogP contribution in [0.4, 0.5) is 0 Å². The fourth-order valence-corrected chi connectivity index (χ4v) is 5.01. The van der Waals surface area contributed by atoms with Crippen molar-refractivity contribution in [2.24, 2.45) is 0 Å². The molecular weight excluding hydrogens is 388 g/mol. The Hall–Kier alpha value is -2.73. The van der Waals surface area contributed by atoms with E-state index in [0.29, 0.717) is 11.7 Å². The second-order valence-electron chi connectivity index (χ2n) is 9.03. The van der Waals surface area contributed by atoms with Crippen LogP contribution in [0.1, 0.15) is 72.7 Å². The van der Waals surface area contributed by atoms with Crippen molar-refractivity contribution in [3.63, 3.8) is 0 Å².